The van der Waals surface area contributed by atoms with Crippen molar-refractivity contribution in [3.63, 3.8) is 0 Å². The van der Waals surface area contributed by atoms with Crippen molar-refractivity contribution >= 4 is 8.32 Å². The van der Waals surface area contributed by atoms with Gasteiger partial charge in [-0.2, -0.15) is 0 Å². The Morgan fingerprint density at radius 1 is 0.960 bits per heavy atom. The van der Waals surface area contributed by atoms with Crippen molar-refractivity contribution in [2.75, 3.05) is 6.61 Å². The highest BCUT2D eigenvalue weighted by Crippen LogP contribution is 2.41. The van der Waals surface area contributed by atoms with Crippen LogP contribution < -0.4 is 4.74 Å². The number of benzene rings is 2. The lowest BCUT2D eigenvalue weighted by Crippen LogP contribution is -2.42. The minimum atomic E-state index is -2.00. The molecule has 2 aromatic carbocycles. The maximum Gasteiger partial charge on any atom is 0.193 e. The first-order valence-corrected chi connectivity index (χ1v) is 11.7. The van der Waals surface area contributed by atoms with Crippen LogP contribution in [0.2, 0.25) is 18.1 Å². The van der Waals surface area contributed by atoms with Gasteiger partial charge in [-0.1, -0.05) is 69.3 Å². The molecule has 2 aromatic rings. The zero-order chi connectivity index (χ0) is 18.5. The van der Waals surface area contributed by atoms with Crippen LogP contribution in [0.25, 0.3) is 0 Å². The van der Waals surface area contributed by atoms with Gasteiger partial charge in [-0.15, -0.1) is 0 Å². The van der Waals surface area contributed by atoms with Crippen LogP contribution in [0.3, 0.4) is 0 Å². The van der Waals surface area contributed by atoms with Crippen molar-refractivity contribution in [1.29, 1.82) is 0 Å². The van der Waals surface area contributed by atoms with Crippen molar-refractivity contribution in [3.05, 3.63) is 65.7 Å². The maximum absolute atomic E-state index is 9.96. The standard InChI is InChI=1S/C21H30O3Si/c1-21(2,3)25(4,5)24-20(15-22)18-13-9-10-14-19(18)23-16-17-11-7-6-8-12-17/h6-14,20,22H,15-16H2,1-5H3/t20-/m0/s1. The van der Waals surface area contributed by atoms with Gasteiger partial charge in [-0.05, 0) is 29.8 Å². The monoisotopic (exact) mass is 358 g/mol. The maximum atomic E-state index is 9.96. The summed E-state index contributed by atoms with van der Waals surface area (Å²) in [5, 5.41) is 10.0. The normalized spacial score (nSPS) is 13.5. The van der Waals surface area contributed by atoms with E-state index in [1.807, 2.05) is 54.6 Å². The van der Waals surface area contributed by atoms with E-state index in [-0.39, 0.29) is 17.7 Å². The first kappa shape index (κ1) is 19.7. The summed E-state index contributed by atoms with van der Waals surface area (Å²) < 4.78 is 12.5. The zero-order valence-corrected chi connectivity index (χ0v) is 17.0. The molecule has 2 rings (SSSR count). The Bertz CT molecular complexity index is 662. The van der Waals surface area contributed by atoms with E-state index in [0.717, 1.165) is 16.9 Å². The van der Waals surface area contributed by atoms with Gasteiger partial charge in [0.2, 0.25) is 0 Å². The highest BCUT2D eigenvalue weighted by molar-refractivity contribution is 6.74. The van der Waals surface area contributed by atoms with E-state index >= 15 is 0 Å². The average molecular weight is 359 g/mol. The molecule has 0 amide bonds. The van der Waals surface area contributed by atoms with E-state index in [9.17, 15) is 5.11 Å². The second-order valence-corrected chi connectivity index (χ2v) is 12.6. The van der Waals surface area contributed by atoms with Gasteiger partial charge in [0.1, 0.15) is 12.4 Å². The summed E-state index contributed by atoms with van der Waals surface area (Å²) >= 11 is 0. The molecule has 0 saturated carbocycles. The number of ether oxygens (including phenoxy) is 1. The Hall–Kier alpha value is -1.62. The van der Waals surface area contributed by atoms with E-state index in [2.05, 4.69) is 33.9 Å². The number of hydrogen-bond acceptors (Lipinski definition) is 3. The van der Waals surface area contributed by atoms with Crippen LogP contribution >= 0.6 is 0 Å². The molecule has 4 heteroatoms. The summed E-state index contributed by atoms with van der Waals surface area (Å²) in [4.78, 5) is 0. The Labute approximate surface area is 152 Å². The van der Waals surface area contributed by atoms with E-state index < -0.39 is 8.32 Å². The van der Waals surface area contributed by atoms with Crippen molar-refractivity contribution in [1.82, 2.24) is 0 Å². The molecular formula is C21H30O3Si. The lowest BCUT2D eigenvalue weighted by atomic mass is 10.1. The Balaban J connectivity index is 2.19. The molecule has 0 fully saturated rings. The fourth-order valence-electron chi connectivity index (χ4n) is 2.34. The third kappa shape index (κ3) is 5.17. The van der Waals surface area contributed by atoms with E-state index in [0.29, 0.717) is 6.61 Å². The number of aliphatic hydroxyl groups is 1. The average Bonchev–Trinajstić information content (AvgIpc) is 2.58. The minimum Gasteiger partial charge on any atom is -0.489 e. The highest BCUT2D eigenvalue weighted by Gasteiger charge is 2.39. The lowest BCUT2D eigenvalue weighted by molar-refractivity contribution is 0.0999. The summed E-state index contributed by atoms with van der Waals surface area (Å²) in [5.74, 6) is 0.768. The smallest absolute Gasteiger partial charge is 0.193 e. The van der Waals surface area contributed by atoms with Crippen molar-refractivity contribution in [3.8, 4) is 5.75 Å². The molecule has 136 valence electrons. The van der Waals surface area contributed by atoms with Crippen LogP contribution in [-0.2, 0) is 11.0 Å². The first-order chi connectivity index (χ1) is 11.7. The van der Waals surface area contributed by atoms with Crippen LogP contribution in [0.5, 0.6) is 5.75 Å². The molecule has 0 aliphatic rings. The molecule has 0 saturated heterocycles. The number of aliphatic hydroxyl groups excluding tert-OH is 1. The fourth-order valence-corrected chi connectivity index (χ4v) is 3.61. The van der Waals surface area contributed by atoms with Gasteiger partial charge >= 0.3 is 0 Å². The van der Waals surface area contributed by atoms with Gasteiger partial charge in [0.15, 0.2) is 8.32 Å². The van der Waals surface area contributed by atoms with Crippen molar-refractivity contribution in [2.45, 2.75) is 51.6 Å². The Morgan fingerprint density at radius 3 is 2.16 bits per heavy atom. The van der Waals surface area contributed by atoms with Crippen LogP contribution in [0.15, 0.2) is 54.6 Å². The van der Waals surface area contributed by atoms with Crippen LogP contribution in [0.1, 0.15) is 38.0 Å². The summed E-state index contributed by atoms with van der Waals surface area (Å²) in [7, 11) is -2.00. The van der Waals surface area contributed by atoms with Crippen LogP contribution in [0, 0.1) is 0 Å². The molecule has 0 heterocycles. The second-order valence-electron chi connectivity index (χ2n) is 7.86. The van der Waals surface area contributed by atoms with Crippen molar-refractivity contribution in [2.24, 2.45) is 0 Å². The Kier molecular flexibility index (Phi) is 6.44. The molecule has 0 unspecified atom stereocenters. The topological polar surface area (TPSA) is 38.7 Å². The van der Waals surface area contributed by atoms with Gasteiger partial charge in [0, 0.05) is 5.56 Å². The molecular weight excluding hydrogens is 328 g/mol. The van der Waals surface area contributed by atoms with E-state index in [1.54, 1.807) is 0 Å². The third-order valence-electron chi connectivity index (χ3n) is 4.91. The van der Waals surface area contributed by atoms with Gasteiger partial charge < -0.3 is 14.3 Å². The number of rotatable bonds is 7. The molecule has 25 heavy (non-hydrogen) atoms. The van der Waals surface area contributed by atoms with Gasteiger partial charge in [-0.25, -0.2) is 0 Å². The van der Waals surface area contributed by atoms with Crippen LogP contribution in [-0.4, -0.2) is 20.0 Å². The quantitative estimate of drug-likeness (QED) is 0.681. The molecule has 0 aliphatic heterocycles. The molecule has 0 aromatic heterocycles. The van der Waals surface area contributed by atoms with Gasteiger partial charge in [0.25, 0.3) is 0 Å². The van der Waals surface area contributed by atoms with Gasteiger partial charge in [-0.3, -0.25) is 0 Å². The highest BCUT2D eigenvalue weighted by atomic mass is 28.4. The van der Waals surface area contributed by atoms with E-state index in [4.69, 9.17) is 9.16 Å². The zero-order valence-electron chi connectivity index (χ0n) is 16.0. The molecule has 1 atom stereocenters. The summed E-state index contributed by atoms with van der Waals surface area (Å²) in [6.07, 6.45) is -0.368. The predicted molar refractivity (Wildman–Crippen MR) is 105 cm³/mol. The fraction of sp³-hybridized carbons (Fsp3) is 0.429. The van der Waals surface area contributed by atoms with Crippen molar-refractivity contribution < 1.29 is 14.3 Å². The molecule has 0 bridgehead atoms. The third-order valence-corrected chi connectivity index (χ3v) is 9.40. The van der Waals surface area contributed by atoms with E-state index in [1.165, 1.54) is 0 Å². The first-order valence-electron chi connectivity index (χ1n) is 8.79. The molecule has 1 N–H and O–H groups in total. The Morgan fingerprint density at radius 2 is 1.56 bits per heavy atom. The predicted octanol–water partition coefficient (Wildman–Crippen LogP) is 5.32. The largest absolute Gasteiger partial charge is 0.489 e. The summed E-state index contributed by atoms with van der Waals surface area (Å²) in [6, 6.07) is 17.9. The molecule has 3 nitrogen and oxygen atoms in total. The number of para-hydroxylation sites is 1. The SMILES string of the molecule is CC(C)(C)[Si](C)(C)O[C@@H](CO)c1ccccc1OCc1ccccc1. The number of hydrogen-bond donors (Lipinski definition) is 1. The molecule has 0 radical (unpaired) electrons. The summed E-state index contributed by atoms with van der Waals surface area (Å²) in [6.45, 7) is 11.4. The lowest BCUT2D eigenvalue weighted by Gasteiger charge is -2.39. The van der Waals surface area contributed by atoms with Crippen LogP contribution in [0.4, 0.5) is 0 Å². The minimum absolute atomic E-state index is 0.0573. The molecule has 0 spiro atoms. The second kappa shape index (κ2) is 8.17. The molecule has 0 aliphatic carbocycles. The summed E-state index contributed by atoms with van der Waals surface area (Å²) in [5.41, 5.74) is 2.02. The van der Waals surface area contributed by atoms with Gasteiger partial charge in [0.05, 0.1) is 12.7 Å².